The van der Waals surface area contributed by atoms with Crippen molar-refractivity contribution < 1.29 is 19.4 Å². The van der Waals surface area contributed by atoms with Crippen LogP contribution in [0.3, 0.4) is 0 Å². The van der Waals surface area contributed by atoms with Crippen molar-refractivity contribution in [2.45, 2.75) is 43.6 Å². The van der Waals surface area contributed by atoms with Crippen LogP contribution >= 0.6 is 11.8 Å². The lowest BCUT2D eigenvalue weighted by Crippen LogP contribution is -2.50. The molecule has 2 heterocycles. The molecule has 2 aliphatic rings. The topological polar surface area (TPSA) is 78.9 Å². The Kier molecular flexibility index (Phi) is 4.38. The van der Waals surface area contributed by atoms with E-state index >= 15 is 0 Å². The summed E-state index contributed by atoms with van der Waals surface area (Å²) in [6.45, 7) is 3.83. The standard InChI is InChI=1S/C17H22N2O4S/c1-10(12-8-11(23-3)4-5-14(12)20)18-16(22)13-9-24-17(2)7-6-15(21)19(13)17/h4-5,8,10,13,20H,6-7,9H2,1-3H3,(H,18,22)/t10-,13+,17+/m0/s1. The normalized spacial score (nSPS) is 27.0. The van der Waals surface area contributed by atoms with Crippen LogP contribution in [-0.4, -0.2) is 45.6 Å². The molecular weight excluding hydrogens is 328 g/mol. The first-order valence-corrected chi connectivity index (χ1v) is 8.97. The third-order valence-corrected chi connectivity index (χ3v) is 6.31. The molecule has 24 heavy (non-hydrogen) atoms. The number of thioether (sulfide) groups is 1. The quantitative estimate of drug-likeness (QED) is 0.869. The Balaban J connectivity index is 1.74. The average molecular weight is 350 g/mol. The van der Waals surface area contributed by atoms with E-state index in [9.17, 15) is 14.7 Å². The van der Waals surface area contributed by atoms with Gasteiger partial charge < -0.3 is 20.1 Å². The first kappa shape index (κ1) is 17.0. The monoisotopic (exact) mass is 350 g/mol. The number of carbonyl (C=O) groups is 2. The molecular formula is C17H22N2O4S. The highest BCUT2D eigenvalue weighted by Crippen LogP contribution is 2.47. The number of benzene rings is 1. The van der Waals surface area contributed by atoms with Crippen molar-refractivity contribution in [3.05, 3.63) is 23.8 Å². The second-order valence-corrected chi connectivity index (χ2v) is 7.92. The van der Waals surface area contributed by atoms with Crippen LogP contribution in [0.25, 0.3) is 0 Å². The Bertz CT molecular complexity index is 681. The predicted molar refractivity (Wildman–Crippen MR) is 91.9 cm³/mol. The third kappa shape index (κ3) is 2.81. The number of hydrogen-bond acceptors (Lipinski definition) is 5. The van der Waals surface area contributed by atoms with Crippen molar-refractivity contribution in [3.63, 3.8) is 0 Å². The smallest absolute Gasteiger partial charge is 0.244 e. The number of fused-ring (bicyclic) bond motifs is 1. The summed E-state index contributed by atoms with van der Waals surface area (Å²) in [6, 6.07) is 4.07. The number of ether oxygens (including phenoxy) is 1. The molecule has 0 radical (unpaired) electrons. The SMILES string of the molecule is COc1ccc(O)c([C@H](C)NC(=O)[C@H]2CS[C@]3(C)CCC(=O)N23)c1. The third-order valence-electron chi connectivity index (χ3n) is 4.81. The van der Waals surface area contributed by atoms with E-state index in [4.69, 9.17) is 4.74 Å². The Labute approximate surface area is 145 Å². The van der Waals surface area contributed by atoms with E-state index in [1.54, 1.807) is 48.9 Å². The van der Waals surface area contributed by atoms with Crippen molar-refractivity contribution in [2.24, 2.45) is 0 Å². The van der Waals surface area contributed by atoms with Gasteiger partial charge in [0.1, 0.15) is 17.5 Å². The van der Waals surface area contributed by atoms with Gasteiger partial charge in [-0.3, -0.25) is 9.59 Å². The summed E-state index contributed by atoms with van der Waals surface area (Å²) in [7, 11) is 1.55. The number of amides is 2. The van der Waals surface area contributed by atoms with Crippen LogP contribution < -0.4 is 10.1 Å². The molecule has 3 rings (SSSR count). The Morgan fingerprint density at radius 1 is 1.54 bits per heavy atom. The van der Waals surface area contributed by atoms with Gasteiger partial charge in [0.05, 0.1) is 18.0 Å². The van der Waals surface area contributed by atoms with E-state index < -0.39 is 6.04 Å². The molecule has 2 fully saturated rings. The maximum atomic E-state index is 12.7. The number of nitrogens with one attached hydrogen (secondary N) is 1. The molecule has 0 aromatic heterocycles. The van der Waals surface area contributed by atoms with E-state index in [-0.39, 0.29) is 28.5 Å². The Morgan fingerprint density at radius 3 is 3.00 bits per heavy atom. The molecule has 2 aliphatic heterocycles. The summed E-state index contributed by atoms with van der Waals surface area (Å²) in [5, 5.41) is 13.0. The summed E-state index contributed by atoms with van der Waals surface area (Å²) in [4.78, 5) is 26.3. The fourth-order valence-corrected chi connectivity index (χ4v) is 4.84. The van der Waals surface area contributed by atoms with Gasteiger partial charge >= 0.3 is 0 Å². The van der Waals surface area contributed by atoms with Gasteiger partial charge in [-0.15, -0.1) is 11.8 Å². The number of aromatic hydroxyl groups is 1. The van der Waals surface area contributed by atoms with E-state index in [2.05, 4.69) is 5.32 Å². The van der Waals surface area contributed by atoms with Gasteiger partial charge in [0.25, 0.3) is 0 Å². The highest BCUT2D eigenvalue weighted by Gasteiger charge is 2.52. The summed E-state index contributed by atoms with van der Waals surface area (Å²) >= 11 is 1.66. The lowest BCUT2D eigenvalue weighted by atomic mass is 10.1. The van der Waals surface area contributed by atoms with Crippen LogP contribution in [0.2, 0.25) is 0 Å². The molecule has 6 nitrogen and oxygen atoms in total. The van der Waals surface area contributed by atoms with Crippen molar-refractivity contribution in [1.29, 1.82) is 0 Å². The number of rotatable bonds is 4. The maximum absolute atomic E-state index is 12.7. The number of phenols is 1. The lowest BCUT2D eigenvalue weighted by Gasteiger charge is -2.30. The van der Waals surface area contributed by atoms with Crippen LogP contribution in [0.4, 0.5) is 0 Å². The molecule has 1 aromatic carbocycles. The zero-order chi connectivity index (χ0) is 17.5. The van der Waals surface area contributed by atoms with Crippen LogP contribution in [0.15, 0.2) is 18.2 Å². The zero-order valence-electron chi connectivity index (χ0n) is 14.0. The molecule has 7 heteroatoms. The molecule has 3 atom stereocenters. The van der Waals surface area contributed by atoms with Crippen LogP contribution in [0, 0.1) is 0 Å². The molecule has 2 amide bonds. The number of nitrogens with zero attached hydrogens (tertiary/aromatic N) is 1. The molecule has 0 unspecified atom stereocenters. The minimum Gasteiger partial charge on any atom is -0.508 e. The molecule has 0 saturated carbocycles. The minimum absolute atomic E-state index is 0.0412. The Morgan fingerprint density at radius 2 is 2.29 bits per heavy atom. The van der Waals surface area contributed by atoms with Gasteiger partial charge in [-0.25, -0.2) is 0 Å². The van der Waals surface area contributed by atoms with E-state index in [0.29, 0.717) is 23.5 Å². The van der Waals surface area contributed by atoms with Crippen LogP contribution in [-0.2, 0) is 9.59 Å². The second-order valence-electron chi connectivity index (χ2n) is 6.42. The molecule has 0 aliphatic carbocycles. The fraction of sp³-hybridized carbons (Fsp3) is 0.529. The first-order valence-electron chi connectivity index (χ1n) is 7.99. The molecule has 130 valence electrons. The van der Waals surface area contributed by atoms with Crippen LogP contribution in [0.1, 0.15) is 38.3 Å². The molecule has 1 aromatic rings. The number of methoxy groups -OCH3 is 1. The van der Waals surface area contributed by atoms with Gasteiger partial charge in [0, 0.05) is 17.7 Å². The average Bonchev–Trinajstić information content (AvgIpc) is 3.04. The maximum Gasteiger partial charge on any atom is 0.244 e. The molecule has 0 spiro atoms. The summed E-state index contributed by atoms with van der Waals surface area (Å²) in [5.41, 5.74) is 0.587. The predicted octanol–water partition coefficient (Wildman–Crippen LogP) is 2.03. The van der Waals surface area contributed by atoms with Crippen molar-refractivity contribution >= 4 is 23.6 Å². The van der Waals surface area contributed by atoms with E-state index in [1.807, 2.05) is 6.92 Å². The van der Waals surface area contributed by atoms with E-state index in [0.717, 1.165) is 6.42 Å². The largest absolute Gasteiger partial charge is 0.508 e. The minimum atomic E-state index is -0.454. The summed E-state index contributed by atoms with van der Waals surface area (Å²) in [6.07, 6.45) is 1.28. The number of carbonyl (C=O) groups excluding carboxylic acids is 2. The molecule has 0 bridgehead atoms. The summed E-state index contributed by atoms with van der Waals surface area (Å²) in [5.74, 6) is 1.18. The molecule has 2 saturated heterocycles. The lowest BCUT2D eigenvalue weighted by molar-refractivity contribution is -0.138. The van der Waals surface area contributed by atoms with Crippen molar-refractivity contribution in [1.82, 2.24) is 10.2 Å². The number of hydrogen-bond donors (Lipinski definition) is 2. The van der Waals surface area contributed by atoms with Gasteiger partial charge in [-0.1, -0.05) is 0 Å². The summed E-state index contributed by atoms with van der Waals surface area (Å²) < 4.78 is 5.17. The van der Waals surface area contributed by atoms with Gasteiger partial charge in [-0.05, 0) is 38.5 Å². The van der Waals surface area contributed by atoms with Crippen molar-refractivity contribution in [3.8, 4) is 11.5 Å². The van der Waals surface area contributed by atoms with Crippen molar-refractivity contribution in [2.75, 3.05) is 12.9 Å². The van der Waals surface area contributed by atoms with Crippen LogP contribution in [0.5, 0.6) is 11.5 Å². The first-order chi connectivity index (χ1) is 11.4. The Hall–Kier alpha value is -1.89. The zero-order valence-corrected chi connectivity index (χ0v) is 14.9. The van der Waals surface area contributed by atoms with Gasteiger partial charge in [0.15, 0.2) is 0 Å². The van der Waals surface area contributed by atoms with E-state index in [1.165, 1.54) is 0 Å². The highest BCUT2D eigenvalue weighted by molar-refractivity contribution is 8.01. The molecule has 2 N–H and O–H groups in total. The second kappa shape index (κ2) is 6.20. The fourth-order valence-electron chi connectivity index (χ4n) is 3.41. The number of phenolic OH excluding ortho intramolecular Hbond substituents is 1. The van der Waals surface area contributed by atoms with Gasteiger partial charge in [0.2, 0.25) is 11.8 Å². The van der Waals surface area contributed by atoms with Gasteiger partial charge in [-0.2, -0.15) is 0 Å². The highest BCUT2D eigenvalue weighted by atomic mass is 32.2.